The normalized spacial score (nSPS) is 15.5. The minimum atomic E-state index is 0.610. The van der Waals surface area contributed by atoms with Crippen LogP contribution >= 0.6 is 0 Å². The fourth-order valence-electron chi connectivity index (χ4n) is 3.64. The van der Waals surface area contributed by atoms with Gasteiger partial charge in [-0.3, -0.25) is 4.90 Å². The van der Waals surface area contributed by atoms with Crippen LogP contribution in [-0.2, 0) is 13.0 Å². The second kappa shape index (κ2) is 8.05. The van der Waals surface area contributed by atoms with Crippen LogP contribution in [0.15, 0.2) is 22.7 Å². The first-order valence-corrected chi connectivity index (χ1v) is 9.71. The zero-order valence-corrected chi connectivity index (χ0v) is 16.6. The predicted octanol–water partition coefficient (Wildman–Crippen LogP) is 2.08. The van der Waals surface area contributed by atoms with Crippen LogP contribution in [0.5, 0.6) is 0 Å². The van der Waals surface area contributed by atoms with Crippen LogP contribution in [0, 0.1) is 12.8 Å². The Labute approximate surface area is 164 Å². The predicted molar refractivity (Wildman–Crippen MR) is 105 cm³/mol. The van der Waals surface area contributed by atoms with E-state index in [2.05, 4.69) is 72.6 Å². The Morgan fingerprint density at radius 2 is 2.00 bits per heavy atom. The van der Waals surface area contributed by atoms with Gasteiger partial charge in [0.05, 0.1) is 6.54 Å². The lowest BCUT2D eigenvalue weighted by Gasteiger charge is -2.36. The lowest BCUT2D eigenvalue weighted by atomic mass is 9.99. The Morgan fingerprint density at radius 1 is 1.18 bits per heavy atom. The zero-order valence-electron chi connectivity index (χ0n) is 16.6. The summed E-state index contributed by atoms with van der Waals surface area (Å²) in [4.78, 5) is 9.06. The summed E-state index contributed by atoms with van der Waals surface area (Å²) in [5, 5.41) is 18.6. The van der Waals surface area contributed by atoms with E-state index in [1.54, 1.807) is 0 Å². The zero-order chi connectivity index (χ0) is 19.5. The maximum Gasteiger partial charge on any atom is 0.240 e. The van der Waals surface area contributed by atoms with Crippen molar-refractivity contribution in [2.24, 2.45) is 5.92 Å². The van der Waals surface area contributed by atoms with Crippen molar-refractivity contribution in [3.05, 3.63) is 35.5 Å². The number of H-pyrrole nitrogens is 1. The maximum absolute atomic E-state index is 5.26. The highest BCUT2D eigenvalue weighted by atomic mass is 16.5. The summed E-state index contributed by atoms with van der Waals surface area (Å²) in [7, 11) is 0. The van der Waals surface area contributed by atoms with Crippen LogP contribution in [0.2, 0.25) is 0 Å². The number of aromatic amines is 1. The van der Waals surface area contributed by atoms with Gasteiger partial charge in [-0.05, 0) is 42.2 Å². The molecular formula is C19H26N8O. The summed E-state index contributed by atoms with van der Waals surface area (Å²) in [6, 6.07) is 6.57. The molecule has 3 heterocycles. The van der Waals surface area contributed by atoms with Crippen LogP contribution < -0.4 is 4.90 Å². The van der Waals surface area contributed by atoms with Crippen LogP contribution in [0.4, 0.5) is 5.69 Å². The lowest BCUT2D eigenvalue weighted by molar-refractivity contribution is 0.215. The minimum absolute atomic E-state index is 0.610. The molecule has 1 N–H and O–H groups in total. The van der Waals surface area contributed by atoms with Gasteiger partial charge in [-0.1, -0.05) is 25.1 Å². The maximum atomic E-state index is 5.26. The SMILES string of the molecule is Cc1noc(CN2CCN(c3cc(CC(C)C)ccc3-c3nn[nH]n3)CC2)n1. The van der Waals surface area contributed by atoms with Gasteiger partial charge in [0, 0.05) is 37.4 Å². The van der Waals surface area contributed by atoms with E-state index in [-0.39, 0.29) is 0 Å². The van der Waals surface area contributed by atoms with Gasteiger partial charge in [0.25, 0.3) is 0 Å². The third-order valence-electron chi connectivity index (χ3n) is 4.93. The molecule has 4 rings (SSSR count). The summed E-state index contributed by atoms with van der Waals surface area (Å²) >= 11 is 0. The van der Waals surface area contributed by atoms with E-state index in [4.69, 9.17) is 4.52 Å². The van der Waals surface area contributed by atoms with E-state index in [1.165, 1.54) is 11.3 Å². The molecule has 1 fully saturated rings. The molecule has 2 aromatic heterocycles. The van der Waals surface area contributed by atoms with Gasteiger partial charge in [-0.2, -0.15) is 10.2 Å². The molecule has 3 aromatic rings. The number of hydrogen-bond donors (Lipinski definition) is 1. The second-order valence-corrected chi connectivity index (χ2v) is 7.68. The Kier molecular flexibility index (Phi) is 5.34. The van der Waals surface area contributed by atoms with E-state index in [1.807, 2.05) is 6.92 Å². The third kappa shape index (κ3) is 4.19. The molecule has 0 spiro atoms. The van der Waals surface area contributed by atoms with Gasteiger partial charge >= 0.3 is 0 Å². The molecule has 1 aromatic carbocycles. The van der Waals surface area contributed by atoms with E-state index < -0.39 is 0 Å². The van der Waals surface area contributed by atoms with Gasteiger partial charge in [-0.15, -0.1) is 10.2 Å². The first-order chi connectivity index (χ1) is 13.6. The number of benzene rings is 1. The number of nitrogens with zero attached hydrogens (tertiary/aromatic N) is 7. The number of nitrogens with one attached hydrogen (secondary N) is 1. The molecule has 1 aliphatic rings. The molecule has 0 bridgehead atoms. The van der Waals surface area contributed by atoms with Crippen LogP contribution in [-0.4, -0.2) is 61.8 Å². The van der Waals surface area contributed by atoms with E-state index in [0.29, 0.717) is 30.0 Å². The Morgan fingerprint density at radius 3 is 2.64 bits per heavy atom. The van der Waals surface area contributed by atoms with Crippen molar-refractivity contribution in [2.45, 2.75) is 33.7 Å². The smallest absolute Gasteiger partial charge is 0.240 e. The second-order valence-electron chi connectivity index (χ2n) is 7.68. The molecule has 1 saturated heterocycles. The molecule has 0 atom stereocenters. The Bertz CT molecular complexity index is 897. The first kappa shape index (κ1) is 18.5. The molecule has 0 aliphatic carbocycles. The summed E-state index contributed by atoms with van der Waals surface area (Å²) in [5.41, 5.74) is 3.52. The average molecular weight is 382 g/mol. The fourth-order valence-corrected chi connectivity index (χ4v) is 3.64. The standard InChI is InChI=1S/C19H26N8O/c1-13(2)10-15-4-5-16(19-21-24-25-22-19)17(11-15)27-8-6-26(7-9-27)12-18-20-14(3)23-28-18/h4-5,11,13H,6-10,12H2,1-3H3,(H,21,22,24,25). The molecule has 0 amide bonds. The van der Waals surface area contributed by atoms with Crippen molar-refractivity contribution in [2.75, 3.05) is 31.1 Å². The van der Waals surface area contributed by atoms with Gasteiger partial charge in [-0.25, -0.2) is 0 Å². The van der Waals surface area contributed by atoms with Crippen molar-refractivity contribution < 1.29 is 4.52 Å². The van der Waals surface area contributed by atoms with Gasteiger partial charge in [0.1, 0.15) is 0 Å². The van der Waals surface area contributed by atoms with Crippen molar-refractivity contribution in [3.8, 4) is 11.4 Å². The summed E-state index contributed by atoms with van der Waals surface area (Å²) in [6.45, 7) is 10.7. The highest BCUT2D eigenvalue weighted by Gasteiger charge is 2.22. The molecule has 1 aliphatic heterocycles. The molecule has 28 heavy (non-hydrogen) atoms. The molecule has 9 heteroatoms. The number of aromatic nitrogens is 6. The first-order valence-electron chi connectivity index (χ1n) is 9.71. The quantitative estimate of drug-likeness (QED) is 0.692. The lowest BCUT2D eigenvalue weighted by Crippen LogP contribution is -2.46. The van der Waals surface area contributed by atoms with Crippen molar-refractivity contribution in [3.63, 3.8) is 0 Å². The van der Waals surface area contributed by atoms with Crippen LogP contribution in [0.1, 0.15) is 31.1 Å². The van der Waals surface area contributed by atoms with Crippen LogP contribution in [0.25, 0.3) is 11.4 Å². The highest BCUT2D eigenvalue weighted by molar-refractivity contribution is 5.75. The molecular weight excluding hydrogens is 356 g/mol. The summed E-state index contributed by atoms with van der Waals surface area (Å²) < 4.78 is 5.26. The van der Waals surface area contributed by atoms with Crippen molar-refractivity contribution in [1.29, 1.82) is 0 Å². The minimum Gasteiger partial charge on any atom is -0.368 e. The van der Waals surface area contributed by atoms with Gasteiger partial charge in [0.15, 0.2) is 5.82 Å². The number of tetrazole rings is 1. The number of piperazine rings is 1. The number of anilines is 1. The van der Waals surface area contributed by atoms with Gasteiger partial charge < -0.3 is 9.42 Å². The molecule has 0 radical (unpaired) electrons. The number of hydrogen-bond acceptors (Lipinski definition) is 8. The largest absolute Gasteiger partial charge is 0.368 e. The van der Waals surface area contributed by atoms with Crippen molar-refractivity contribution in [1.82, 2.24) is 35.7 Å². The summed E-state index contributed by atoms with van der Waals surface area (Å²) in [6.07, 6.45) is 1.05. The monoisotopic (exact) mass is 382 g/mol. The van der Waals surface area contributed by atoms with Gasteiger partial charge in [0.2, 0.25) is 11.7 Å². The van der Waals surface area contributed by atoms with E-state index >= 15 is 0 Å². The average Bonchev–Trinajstić information content (AvgIpc) is 3.34. The third-order valence-corrected chi connectivity index (χ3v) is 4.93. The van der Waals surface area contributed by atoms with Crippen LogP contribution in [0.3, 0.4) is 0 Å². The molecule has 0 unspecified atom stereocenters. The number of rotatable bonds is 6. The Balaban J connectivity index is 1.51. The fraction of sp³-hybridized carbons (Fsp3) is 0.526. The van der Waals surface area contributed by atoms with Crippen molar-refractivity contribution >= 4 is 5.69 Å². The molecule has 9 nitrogen and oxygen atoms in total. The summed E-state index contributed by atoms with van der Waals surface area (Å²) in [5.74, 6) is 2.60. The molecule has 0 saturated carbocycles. The number of aryl methyl sites for hydroxylation is 1. The molecule has 148 valence electrons. The van der Waals surface area contributed by atoms with E-state index in [0.717, 1.165) is 38.2 Å². The Hall–Kier alpha value is -2.81. The highest BCUT2D eigenvalue weighted by Crippen LogP contribution is 2.31. The van der Waals surface area contributed by atoms with E-state index in [9.17, 15) is 0 Å². The topological polar surface area (TPSA) is 99.9 Å².